The molecule has 2 aromatic rings. The second kappa shape index (κ2) is 5.48. The molecule has 0 saturated heterocycles. The lowest BCUT2D eigenvalue weighted by Crippen LogP contribution is -2.29. The molecular formula is C18H18N2O2S. The minimum atomic E-state index is -3.65. The van der Waals surface area contributed by atoms with E-state index in [0.29, 0.717) is 0 Å². The van der Waals surface area contributed by atoms with E-state index in [4.69, 9.17) is 5.73 Å². The quantitative estimate of drug-likeness (QED) is 0.935. The van der Waals surface area contributed by atoms with Crippen LogP contribution in [0, 0.1) is 11.3 Å². The van der Waals surface area contributed by atoms with Gasteiger partial charge in [0.25, 0.3) is 0 Å². The Labute approximate surface area is 136 Å². The number of rotatable bonds is 4. The summed E-state index contributed by atoms with van der Waals surface area (Å²) in [5.74, 6) is -0.497. The number of benzene rings is 2. The Morgan fingerprint density at radius 3 is 2.26 bits per heavy atom. The van der Waals surface area contributed by atoms with E-state index in [2.05, 4.69) is 6.92 Å². The zero-order chi connectivity index (χ0) is 16.7. The van der Waals surface area contributed by atoms with Crippen LogP contribution in [-0.2, 0) is 16.3 Å². The molecule has 0 aromatic heterocycles. The molecule has 0 bridgehead atoms. The number of aryl methyl sites for hydroxylation is 1. The Kier molecular flexibility index (Phi) is 3.75. The number of hydrogen-bond donors (Lipinski definition) is 1. The van der Waals surface area contributed by atoms with Crippen molar-refractivity contribution in [3.05, 3.63) is 65.7 Å². The van der Waals surface area contributed by atoms with Crippen LogP contribution in [0.2, 0.25) is 0 Å². The first-order valence-electron chi connectivity index (χ1n) is 7.53. The fourth-order valence-corrected chi connectivity index (χ4v) is 5.32. The summed E-state index contributed by atoms with van der Waals surface area (Å²) >= 11 is 0. The van der Waals surface area contributed by atoms with Crippen molar-refractivity contribution in [2.45, 2.75) is 34.9 Å². The van der Waals surface area contributed by atoms with Crippen LogP contribution >= 0.6 is 0 Å². The maximum Gasteiger partial charge on any atom is 0.184 e. The van der Waals surface area contributed by atoms with Gasteiger partial charge in [0.2, 0.25) is 0 Å². The second-order valence-corrected chi connectivity index (χ2v) is 7.97. The highest BCUT2D eigenvalue weighted by Gasteiger charge is 2.70. The molecule has 0 amide bonds. The standard InChI is InChI=1S/C18H18N2O2S/c1-2-13-8-10-14(11-9-13)16-17(18(16,20)12-19)23(21,22)15-6-4-3-5-7-15/h3-11,16-17H,2,20H2,1H3/t16-,17-,18+/m0/s1. The molecule has 118 valence electrons. The summed E-state index contributed by atoms with van der Waals surface area (Å²) in [6.07, 6.45) is 0.905. The average molecular weight is 326 g/mol. The summed E-state index contributed by atoms with van der Waals surface area (Å²) in [6.45, 7) is 2.05. The van der Waals surface area contributed by atoms with Crippen LogP contribution < -0.4 is 5.73 Å². The van der Waals surface area contributed by atoms with E-state index in [-0.39, 0.29) is 4.90 Å². The zero-order valence-corrected chi connectivity index (χ0v) is 13.6. The van der Waals surface area contributed by atoms with Crippen molar-refractivity contribution in [3.63, 3.8) is 0 Å². The molecule has 1 saturated carbocycles. The van der Waals surface area contributed by atoms with Crippen molar-refractivity contribution in [1.29, 1.82) is 5.26 Å². The molecule has 0 aliphatic heterocycles. The third-order valence-corrected chi connectivity index (χ3v) is 6.79. The summed E-state index contributed by atoms with van der Waals surface area (Å²) in [6, 6.07) is 17.9. The van der Waals surface area contributed by atoms with E-state index >= 15 is 0 Å². The lowest BCUT2D eigenvalue weighted by Gasteiger charge is -2.04. The Bertz CT molecular complexity index is 854. The summed E-state index contributed by atoms with van der Waals surface area (Å²) in [7, 11) is -3.65. The van der Waals surface area contributed by atoms with Crippen molar-refractivity contribution in [2.75, 3.05) is 0 Å². The van der Waals surface area contributed by atoms with Gasteiger partial charge in [0, 0.05) is 5.92 Å². The van der Waals surface area contributed by atoms with E-state index in [1.807, 2.05) is 30.3 Å². The normalized spacial score (nSPS) is 26.5. The number of nitrogens with two attached hydrogens (primary N) is 1. The van der Waals surface area contributed by atoms with Crippen molar-refractivity contribution in [1.82, 2.24) is 0 Å². The first-order valence-corrected chi connectivity index (χ1v) is 9.07. The summed E-state index contributed by atoms with van der Waals surface area (Å²) in [4.78, 5) is 0.211. The molecule has 1 aliphatic rings. The monoisotopic (exact) mass is 326 g/mol. The van der Waals surface area contributed by atoms with E-state index in [9.17, 15) is 13.7 Å². The largest absolute Gasteiger partial charge is 0.312 e. The number of nitrogens with zero attached hydrogens (tertiary/aromatic N) is 1. The summed E-state index contributed by atoms with van der Waals surface area (Å²) in [5.41, 5.74) is 6.71. The van der Waals surface area contributed by atoms with E-state index in [1.165, 1.54) is 0 Å². The Balaban J connectivity index is 2.01. The van der Waals surface area contributed by atoms with Crippen molar-refractivity contribution < 1.29 is 8.42 Å². The number of nitriles is 1. The van der Waals surface area contributed by atoms with E-state index in [1.54, 1.807) is 30.3 Å². The lowest BCUT2D eigenvalue weighted by atomic mass is 10.0. The van der Waals surface area contributed by atoms with Gasteiger partial charge in [-0.05, 0) is 29.7 Å². The maximum absolute atomic E-state index is 12.8. The van der Waals surface area contributed by atoms with Gasteiger partial charge in [0.15, 0.2) is 9.84 Å². The van der Waals surface area contributed by atoms with Crippen LogP contribution in [0.25, 0.3) is 0 Å². The fourth-order valence-electron chi connectivity index (χ4n) is 3.11. The maximum atomic E-state index is 12.8. The molecule has 1 aliphatic carbocycles. The summed E-state index contributed by atoms with van der Waals surface area (Å²) < 4.78 is 25.7. The molecule has 5 heteroatoms. The zero-order valence-electron chi connectivity index (χ0n) is 12.8. The molecule has 2 N–H and O–H groups in total. The molecule has 3 rings (SSSR count). The molecule has 0 radical (unpaired) electrons. The van der Waals surface area contributed by atoms with Crippen LogP contribution in [0.4, 0.5) is 0 Å². The van der Waals surface area contributed by atoms with Gasteiger partial charge in [-0.2, -0.15) is 5.26 Å². The van der Waals surface area contributed by atoms with E-state index < -0.39 is 26.5 Å². The smallest absolute Gasteiger partial charge is 0.184 e. The van der Waals surface area contributed by atoms with Crippen LogP contribution in [0.1, 0.15) is 24.0 Å². The van der Waals surface area contributed by atoms with Gasteiger partial charge in [0.05, 0.1) is 11.0 Å². The van der Waals surface area contributed by atoms with Crippen molar-refractivity contribution in [3.8, 4) is 6.07 Å². The van der Waals surface area contributed by atoms with Gasteiger partial charge in [0.1, 0.15) is 10.8 Å². The van der Waals surface area contributed by atoms with Gasteiger partial charge in [-0.25, -0.2) is 8.42 Å². The second-order valence-electron chi connectivity index (χ2n) is 5.90. The average Bonchev–Trinajstić information content (AvgIpc) is 3.23. The van der Waals surface area contributed by atoms with Crippen molar-refractivity contribution >= 4 is 9.84 Å². The van der Waals surface area contributed by atoms with Crippen LogP contribution in [-0.4, -0.2) is 19.2 Å². The molecule has 4 nitrogen and oxygen atoms in total. The lowest BCUT2D eigenvalue weighted by molar-refractivity contribution is 0.592. The number of hydrogen-bond acceptors (Lipinski definition) is 4. The predicted octanol–water partition coefficient (Wildman–Crippen LogP) is 2.41. The van der Waals surface area contributed by atoms with Crippen LogP contribution in [0.3, 0.4) is 0 Å². The first-order chi connectivity index (χ1) is 10.9. The highest BCUT2D eigenvalue weighted by atomic mass is 32.2. The minimum absolute atomic E-state index is 0.211. The minimum Gasteiger partial charge on any atom is -0.312 e. The Hall–Kier alpha value is -2.16. The molecular weight excluding hydrogens is 308 g/mol. The van der Waals surface area contributed by atoms with E-state index in [0.717, 1.165) is 17.5 Å². The molecule has 2 aromatic carbocycles. The topological polar surface area (TPSA) is 83.9 Å². The SMILES string of the molecule is CCc1ccc([C@H]2[C@H](S(=O)(=O)c3ccccc3)[C@@]2(N)C#N)cc1. The van der Waals surface area contributed by atoms with Crippen LogP contribution in [0.5, 0.6) is 0 Å². The molecule has 3 atom stereocenters. The highest BCUT2D eigenvalue weighted by Crippen LogP contribution is 2.55. The Morgan fingerprint density at radius 1 is 1.13 bits per heavy atom. The molecule has 1 fully saturated rings. The Morgan fingerprint density at radius 2 is 1.74 bits per heavy atom. The third kappa shape index (κ3) is 2.44. The molecule has 0 spiro atoms. The third-order valence-electron chi connectivity index (χ3n) is 4.53. The van der Waals surface area contributed by atoms with Gasteiger partial charge in [-0.1, -0.05) is 49.4 Å². The van der Waals surface area contributed by atoms with Crippen molar-refractivity contribution in [2.24, 2.45) is 5.73 Å². The van der Waals surface area contributed by atoms with Gasteiger partial charge >= 0.3 is 0 Å². The molecule has 0 unspecified atom stereocenters. The van der Waals surface area contributed by atoms with Gasteiger partial charge in [-0.15, -0.1) is 0 Å². The van der Waals surface area contributed by atoms with Gasteiger partial charge < -0.3 is 5.73 Å². The van der Waals surface area contributed by atoms with Crippen LogP contribution in [0.15, 0.2) is 59.5 Å². The molecule has 23 heavy (non-hydrogen) atoms. The predicted molar refractivity (Wildman–Crippen MR) is 88.5 cm³/mol. The number of sulfone groups is 1. The summed E-state index contributed by atoms with van der Waals surface area (Å²) in [5, 5.41) is 8.53. The fraction of sp³-hybridized carbons (Fsp3) is 0.278. The molecule has 0 heterocycles. The highest BCUT2D eigenvalue weighted by molar-refractivity contribution is 7.92. The first kappa shape index (κ1) is 15.7. The van der Waals surface area contributed by atoms with Gasteiger partial charge in [-0.3, -0.25) is 0 Å².